The van der Waals surface area contributed by atoms with Crippen molar-refractivity contribution in [3.8, 4) is 0 Å². The van der Waals surface area contributed by atoms with E-state index in [2.05, 4.69) is 0 Å². The minimum absolute atomic E-state index is 0. The van der Waals surface area contributed by atoms with Crippen LogP contribution in [0.5, 0.6) is 0 Å². The summed E-state index contributed by atoms with van der Waals surface area (Å²) in [4.78, 5) is 20.1. The zero-order valence-corrected chi connectivity index (χ0v) is 4.52. The van der Waals surface area contributed by atoms with Crippen LogP contribution in [0.2, 0.25) is 0 Å². The predicted molar refractivity (Wildman–Crippen MR) is 40.3 cm³/mol. The Hall–Kier alpha value is 0.535. The Morgan fingerprint density at radius 3 is 1.22 bits per heavy atom. The maximum atomic E-state index is 10.0. The molecular weight excluding hydrogens is 106 g/mol. The van der Waals surface area contributed by atoms with Crippen LogP contribution in [-0.2, 0) is 9.59 Å². The van der Waals surface area contributed by atoms with Gasteiger partial charge in [-0.15, -0.1) is 0 Å². The maximum absolute atomic E-state index is 10.0. The molecule has 2 nitrogen and oxygen atoms in total. The van der Waals surface area contributed by atoms with Gasteiger partial charge in [0, 0.05) is 0 Å². The molecule has 9 heavy (non-hydrogen) atoms. The summed E-state index contributed by atoms with van der Waals surface area (Å²) in [7, 11) is 0. The van der Waals surface area contributed by atoms with Crippen LogP contribution in [0.15, 0.2) is 0 Å². The van der Waals surface area contributed by atoms with Crippen molar-refractivity contribution in [2.24, 2.45) is 0 Å². The second-order valence-corrected chi connectivity index (χ2v) is 1.58. The van der Waals surface area contributed by atoms with Crippen LogP contribution < -0.4 is 0 Å². The second-order valence-electron chi connectivity index (χ2n) is 1.58. The van der Waals surface area contributed by atoms with E-state index in [0.29, 0.717) is 0 Å². The van der Waals surface area contributed by atoms with E-state index in [1.54, 1.807) is 0 Å². The number of carbonyl (C=O) groups excluding carboxylic acids is 2. The van der Waals surface area contributed by atoms with Gasteiger partial charge in [0.15, 0.2) is 0 Å². The standard InChI is InChI=1S/C5H8O2.2Li.2H/c1-4(6)3-5(2)7;;;;/h3H2,1-2H3;;;;. The van der Waals surface area contributed by atoms with Gasteiger partial charge in [-0.1, -0.05) is 0 Å². The van der Waals surface area contributed by atoms with Crippen LogP contribution in [0.3, 0.4) is 0 Å². The fourth-order valence-electron chi connectivity index (χ4n) is 0.351. The molecule has 0 fully saturated rings. The Kier molecular flexibility index (Phi) is 15.4. The van der Waals surface area contributed by atoms with E-state index in [1.807, 2.05) is 0 Å². The number of ketones is 2. The molecule has 0 aromatic carbocycles. The van der Waals surface area contributed by atoms with Gasteiger partial charge in [0.1, 0.15) is 11.6 Å². The van der Waals surface area contributed by atoms with Gasteiger partial charge in [0.05, 0.1) is 6.42 Å². The van der Waals surface area contributed by atoms with Crippen molar-refractivity contribution in [2.75, 3.05) is 0 Å². The van der Waals surface area contributed by atoms with Crippen LogP contribution in [0.25, 0.3) is 0 Å². The molecule has 0 heterocycles. The molecule has 0 N–H and O–H groups in total. The van der Waals surface area contributed by atoms with E-state index >= 15 is 0 Å². The van der Waals surface area contributed by atoms with Crippen LogP contribution in [0.1, 0.15) is 20.3 Å². The Bertz CT molecular complexity index is 89.1. The van der Waals surface area contributed by atoms with E-state index in [-0.39, 0.29) is 55.7 Å². The number of hydrogen-bond donors (Lipinski definition) is 0. The molecule has 44 valence electrons. The molecule has 0 saturated heterocycles. The first-order valence-electron chi connectivity index (χ1n) is 2.12. The molecule has 0 aliphatic rings. The molecule has 0 unspecified atom stereocenters. The van der Waals surface area contributed by atoms with E-state index in [1.165, 1.54) is 13.8 Å². The Balaban J connectivity index is -0.000000180. The van der Waals surface area contributed by atoms with Gasteiger partial charge in [-0.2, -0.15) is 0 Å². The Morgan fingerprint density at radius 1 is 1.00 bits per heavy atom. The van der Waals surface area contributed by atoms with Crippen molar-refractivity contribution < 1.29 is 9.59 Å². The van der Waals surface area contributed by atoms with E-state index in [0.717, 1.165) is 0 Å². The molecule has 0 atom stereocenters. The van der Waals surface area contributed by atoms with Gasteiger partial charge in [-0.25, -0.2) is 0 Å². The second kappa shape index (κ2) is 8.53. The summed E-state index contributed by atoms with van der Waals surface area (Å²) in [6.45, 7) is 2.81. The van der Waals surface area contributed by atoms with Crippen molar-refractivity contribution in [1.29, 1.82) is 0 Å². The Labute approximate surface area is 79.1 Å². The van der Waals surface area contributed by atoms with Gasteiger partial charge in [0.25, 0.3) is 0 Å². The Morgan fingerprint density at radius 2 is 1.22 bits per heavy atom. The summed E-state index contributed by atoms with van der Waals surface area (Å²) >= 11 is 0. The zero-order chi connectivity index (χ0) is 5.86. The van der Waals surface area contributed by atoms with Gasteiger partial charge >= 0.3 is 37.7 Å². The van der Waals surface area contributed by atoms with Gasteiger partial charge in [-0.3, -0.25) is 9.59 Å². The molecule has 0 saturated carbocycles. The molecule has 0 aliphatic carbocycles. The molecule has 0 spiro atoms. The first-order valence-corrected chi connectivity index (χ1v) is 2.12. The van der Waals surface area contributed by atoms with Crippen molar-refractivity contribution in [1.82, 2.24) is 0 Å². The number of hydrogen-bond acceptors (Lipinski definition) is 2. The molecule has 4 heteroatoms. The minimum atomic E-state index is -0.0625. The van der Waals surface area contributed by atoms with Crippen LogP contribution in [0.4, 0.5) is 0 Å². The van der Waals surface area contributed by atoms with Crippen molar-refractivity contribution in [2.45, 2.75) is 20.3 Å². The summed E-state index contributed by atoms with van der Waals surface area (Å²) in [6.07, 6.45) is 0.0833. The number of Topliss-reactive ketones (excluding diaryl/α,β-unsaturated/α-hetero) is 2. The summed E-state index contributed by atoms with van der Waals surface area (Å²) in [6, 6.07) is 0. The third-order valence-electron chi connectivity index (χ3n) is 0.498. The van der Waals surface area contributed by atoms with Crippen molar-refractivity contribution in [3.05, 3.63) is 0 Å². The third-order valence-corrected chi connectivity index (χ3v) is 0.498. The van der Waals surface area contributed by atoms with E-state index in [4.69, 9.17) is 0 Å². The van der Waals surface area contributed by atoms with Gasteiger partial charge in [-0.05, 0) is 13.8 Å². The molecule has 0 amide bonds. The summed E-state index contributed by atoms with van der Waals surface area (Å²) < 4.78 is 0. The fourth-order valence-corrected chi connectivity index (χ4v) is 0.351. The molecule has 0 bridgehead atoms. The average Bonchev–Trinajstić information content (AvgIpc) is 1.27. The first-order chi connectivity index (χ1) is 3.13. The number of carbonyl (C=O) groups is 2. The predicted octanol–water partition coefficient (Wildman–Crippen LogP) is -0.743. The van der Waals surface area contributed by atoms with Crippen LogP contribution in [-0.4, -0.2) is 49.3 Å². The summed E-state index contributed by atoms with van der Waals surface area (Å²) in [5.41, 5.74) is 0. The quantitative estimate of drug-likeness (QED) is 0.351. The SMILES string of the molecule is CC(=O)CC(C)=O.[LiH].[LiH]. The van der Waals surface area contributed by atoms with Crippen molar-refractivity contribution in [3.63, 3.8) is 0 Å². The monoisotopic (exact) mass is 116 g/mol. The van der Waals surface area contributed by atoms with Crippen LogP contribution in [0, 0.1) is 0 Å². The fraction of sp³-hybridized carbons (Fsp3) is 0.600. The third kappa shape index (κ3) is 17.7. The summed E-state index contributed by atoms with van der Waals surface area (Å²) in [5.74, 6) is -0.125. The zero-order valence-electron chi connectivity index (χ0n) is 4.52. The average molecular weight is 116 g/mol. The van der Waals surface area contributed by atoms with Gasteiger partial charge < -0.3 is 0 Å². The van der Waals surface area contributed by atoms with Crippen LogP contribution >= 0.6 is 0 Å². The molecule has 0 aliphatic heterocycles. The molecular formula is C5H10Li2O2. The molecule has 0 rings (SSSR count). The number of rotatable bonds is 2. The van der Waals surface area contributed by atoms with E-state index in [9.17, 15) is 9.59 Å². The molecule has 0 aromatic heterocycles. The molecule has 0 aromatic rings. The van der Waals surface area contributed by atoms with Gasteiger partial charge in [0.2, 0.25) is 0 Å². The molecule has 0 radical (unpaired) electrons. The van der Waals surface area contributed by atoms with Crippen molar-refractivity contribution >= 4 is 49.3 Å². The summed E-state index contributed by atoms with van der Waals surface area (Å²) in [5, 5.41) is 0. The first kappa shape index (κ1) is 16.3. The normalized spacial score (nSPS) is 6.44. The topological polar surface area (TPSA) is 34.1 Å². The van der Waals surface area contributed by atoms with E-state index < -0.39 is 0 Å².